The second-order valence-corrected chi connectivity index (χ2v) is 8.24. The van der Waals surface area contributed by atoms with E-state index in [2.05, 4.69) is 19.2 Å². The molecule has 0 amide bonds. The molecule has 3 unspecified atom stereocenters. The molecule has 3 atom stereocenters. The highest BCUT2D eigenvalue weighted by Crippen LogP contribution is 2.53. The predicted molar refractivity (Wildman–Crippen MR) is 81.6 cm³/mol. The third-order valence-electron chi connectivity index (χ3n) is 4.92. The van der Waals surface area contributed by atoms with Crippen LogP contribution in [0.3, 0.4) is 0 Å². The Morgan fingerprint density at radius 2 is 2.10 bits per heavy atom. The van der Waals surface area contributed by atoms with E-state index < -0.39 is 10.0 Å². The number of aryl methyl sites for hydroxylation is 1. The maximum absolute atomic E-state index is 11.6. The SMILES string of the molecule is Cc1ccc(NC2C3CCOC3C2(C)C)cc1S(N)(=O)=O. The maximum Gasteiger partial charge on any atom is 0.238 e. The lowest BCUT2D eigenvalue weighted by atomic mass is 9.57. The predicted octanol–water partition coefficient (Wildman–Crippen LogP) is 1.87. The third-order valence-corrected chi connectivity index (χ3v) is 5.97. The largest absolute Gasteiger partial charge is 0.381 e. The van der Waals surface area contributed by atoms with Crippen LogP contribution >= 0.6 is 0 Å². The lowest BCUT2D eigenvalue weighted by Gasteiger charge is -2.55. The molecule has 0 radical (unpaired) electrons. The molecule has 5 nitrogen and oxygen atoms in total. The summed E-state index contributed by atoms with van der Waals surface area (Å²) < 4.78 is 29.0. The van der Waals surface area contributed by atoms with Gasteiger partial charge in [0.2, 0.25) is 10.0 Å². The smallest absolute Gasteiger partial charge is 0.238 e. The van der Waals surface area contributed by atoms with Crippen LogP contribution < -0.4 is 10.5 Å². The minimum Gasteiger partial charge on any atom is -0.381 e. The van der Waals surface area contributed by atoms with Crippen LogP contribution in [0.1, 0.15) is 25.8 Å². The standard InChI is InChI=1S/C15H22N2O3S/c1-9-4-5-10(8-12(9)21(16,18)19)17-13-11-6-7-20-14(11)15(13,2)3/h4-5,8,11,13-14,17H,6-7H2,1-3H3,(H2,16,18,19). The molecule has 2 aliphatic rings. The molecule has 1 aliphatic carbocycles. The third kappa shape index (κ3) is 2.35. The summed E-state index contributed by atoms with van der Waals surface area (Å²) >= 11 is 0. The van der Waals surface area contributed by atoms with Gasteiger partial charge in [0.25, 0.3) is 0 Å². The summed E-state index contributed by atoms with van der Waals surface area (Å²) in [4.78, 5) is 0.184. The van der Waals surface area contributed by atoms with E-state index in [9.17, 15) is 8.42 Å². The van der Waals surface area contributed by atoms with Crippen molar-refractivity contribution in [2.24, 2.45) is 16.5 Å². The van der Waals surface area contributed by atoms with Crippen LogP contribution in [-0.4, -0.2) is 27.2 Å². The van der Waals surface area contributed by atoms with E-state index in [4.69, 9.17) is 9.88 Å². The Hall–Kier alpha value is -1.11. The lowest BCUT2D eigenvalue weighted by Crippen LogP contribution is -2.63. The highest BCUT2D eigenvalue weighted by molar-refractivity contribution is 7.89. The van der Waals surface area contributed by atoms with Crippen molar-refractivity contribution in [3.05, 3.63) is 23.8 Å². The maximum atomic E-state index is 11.6. The van der Waals surface area contributed by atoms with Gasteiger partial charge in [0.05, 0.1) is 11.0 Å². The monoisotopic (exact) mass is 310 g/mol. The molecule has 1 saturated carbocycles. The van der Waals surface area contributed by atoms with Crippen molar-refractivity contribution < 1.29 is 13.2 Å². The zero-order valence-corrected chi connectivity index (χ0v) is 13.4. The minimum atomic E-state index is -3.69. The Kier molecular flexibility index (Phi) is 3.31. The summed E-state index contributed by atoms with van der Waals surface area (Å²) in [5.41, 5.74) is 1.51. The van der Waals surface area contributed by atoms with Gasteiger partial charge in [0.15, 0.2) is 0 Å². The summed E-state index contributed by atoms with van der Waals surface area (Å²) in [6, 6.07) is 5.62. The number of fused-ring (bicyclic) bond motifs is 1. The number of sulfonamides is 1. The Morgan fingerprint density at radius 3 is 2.76 bits per heavy atom. The van der Waals surface area contributed by atoms with Crippen molar-refractivity contribution in [2.75, 3.05) is 11.9 Å². The topological polar surface area (TPSA) is 81.4 Å². The van der Waals surface area contributed by atoms with Gasteiger partial charge in [-0.1, -0.05) is 19.9 Å². The second-order valence-electron chi connectivity index (χ2n) is 6.71. The average Bonchev–Trinajstić information content (AvgIpc) is 2.83. The van der Waals surface area contributed by atoms with Gasteiger partial charge in [0.1, 0.15) is 0 Å². The van der Waals surface area contributed by atoms with E-state index in [0.29, 0.717) is 23.6 Å². The molecule has 1 aromatic rings. The van der Waals surface area contributed by atoms with Crippen LogP contribution in [-0.2, 0) is 14.8 Å². The quantitative estimate of drug-likeness (QED) is 0.893. The first kappa shape index (κ1) is 14.8. The number of rotatable bonds is 3. The van der Waals surface area contributed by atoms with Crippen LogP contribution in [0.15, 0.2) is 23.1 Å². The van der Waals surface area contributed by atoms with Crippen molar-refractivity contribution >= 4 is 15.7 Å². The van der Waals surface area contributed by atoms with E-state index in [1.165, 1.54) is 0 Å². The number of primary sulfonamides is 1. The van der Waals surface area contributed by atoms with Gasteiger partial charge in [-0.05, 0) is 31.0 Å². The first-order valence-electron chi connectivity index (χ1n) is 7.23. The summed E-state index contributed by atoms with van der Waals surface area (Å²) in [7, 11) is -3.69. The molecule has 0 spiro atoms. The molecule has 6 heteroatoms. The Morgan fingerprint density at radius 1 is 1.38 bits per heavy atom. The van der Waals surface area contributed by atoms with Crippen molar-refractivity contribution in [1.82, 2.24) is 0 Å². The molecule has 116 valence electrons. The molecule has 21 heavy (non-hydrogen) atoms. The Balaban J connectivity index is 1.86. The normalized spacial score (nSPS) is 30.6. The van der Waals surface area contributed by atoms with E-state index in [1.54, 1.807) is 19.1 Å². The van der Waals surface area contributed by atoms with Crippen LogP contribution in [0.25, 0.3) is 0 Å². The zero-order chi connectivity index (χ0) is 15.4. The molecule has 3 N–H and O–H groups in total. The Labute approximate surface area is 125 Å². The highest BCUT2D eigenvalue weighted by atomic mass is 32.2. The van der Waals surface area contributed by atoms with E-state index in [0.717, 1.165) is 18.7 Å². The Bertz CT molecular complexity index is 669. The number of anilines is 1. The van der Waals surface area contributed by atoms with Crippen LogP contribution in [0, 0.1) is 18.3 Å². The van der Waals surface area contributed by atoms with Crippen LogP contribution in [0.2, 0.25) is 0 Å². The van der Waals surface area contributed by atoms with Gasteiger partial charge < -0.3 is 10.1 Å². The van der Waals surface area contributed by atoms with Gasteiger partial charge in [-0.2, -0.15) is 0 Å². The number of ether oxygens (including phenoxy) is 1. The first-order valence-corrected chi connectivity index (χ1v) is 8.77. The fourth-order valence-electron chi connectivity index (χ4n) is 3.79. The number of hydrogen-bond acceptors (Lipinski definition) is 4. The lowest BCUT2D eigenvalue weighted by molar-refractivity contribution is -0.0923. The van der Waals surface area contributed by atoms with Crippen molar-refractivity contribution in [3.8, 4) is 0 Å². The molecule has 0 bridgehead atoms. The summed E-state index contributed by atoms with van der Waals surface area (Å²) in [5, 5.41) is 8.75. The van der Waals surface area contributed by atoms with E-state index >= 15 is 0 Å². The molecule has 1 aliphatic heterocycles. The van der Waals surface area contributed by atoms with Gasteiger partial charge in [-0.15, -0.1) is 0 Å². The molecule has 1 aromatic carbocycles. The van der Waals surface area contributed by atoms with Crippen LogP contribution in [0.5, 0.6) is 0 Å². The van der Waals surface area contributed by atoms with Gasteiger partial charge in [-0.25, -0.2) is 13.6 Å². The van der Waals surface area contributed by atoms with Gasteiger partial charge in [0, 0.05) is 29.7 Å². The summed E-state index contributed by atoms with van der Waals surface area (Å²) in [6.07, 6.45) is 1.36. The number of hydrogen-bond donors (Lipinski definition) is 2. The van der Waals surface area contributed by atoms with Gasteiger partial charge >= 0.3 is 0 Å². The number of benzene rings is 1. The van der Waals surface area contributed by atoms with E-state index in [-0.39, 0.29) is 10.3 Å². The molecule has 1 heterocycles. The number of nitrogens with two attached hydrogens (primary N) is 1. The second kappa shape index (κ2) is 4.69. The highest BCUT2D eigenvalue weighted by Gasteiger charge is 2.59. The van der Waals surface area contributed by atoms with Gasteiger partial charge in [-0.3, -0.25) is 0 Å². The average molecular weight is 310 g/mol. The molecule has 2 fully saturated rings. The van der Waals surface area contributed by atoms with Crippen molar-refractivity contribution in [3.63, 3.8) is 0 Å². The van der Waals surface area contributed by atoms with E-state index in [1.807, 2.05) is 6.07 Å². The summed E-state index contributed by atoms with van der Waals surface area (Å²) in [5.74, 6) is 0.499. The summed E-state index contributed by atoms with van der Waals surface area (Å²) in [6.45, 7) is 6.93. The molecular formula is C15H22N2O3S. The van der Waals surface area contributed by atoms with Crippen molar-refractivity contribution in [1.29, 1.82) is 0 Å². The molecule has 1 saturated heterocycles. The fraction of sp³-hybridized carbons (Fsp3) is 0.600. The zero-order valence-electron chi connectivity index (χ0n) is 12.6. The minimum absolute atomic E-state index is 0.0494. The molecular weight excluding hydrogens is 288 g/mol. The van der Waals surface area contributed by atoms with Crippen LogP contribution in [0.4, 0.5) is 5.69 Å². The first-order chi connectivity index (χ1) is 9.71. The fourth-order valence-corrected chi connectivity index (χ4v) is 4.60. The number of nitrogens with one attached hydrogen (secondary N) is 1. The molecule has 3 rings (SSSR count). The van der Waals surface area contributed by atoms with Crippen molar-refractivity contribution in [2.45, 2.75) is 44.2 Å². The molecule has 0 aromatic heterocycles.